The Hall–Kier alpha value is -1.71. The van der Waals surface area contributed by atoms with Crippen molar-refractivity contribution in [2.75, 3.05) is 17.2 Å². The van der Waals surface area contributed by atoms with Gasteiger partial charge in [-0.05, 0) is 30.5 Å². The molecule has 0 aromatic heterocycles. The van der Waals surface area contributed by atoms with E-state index in [0.717, 1.165) is 36.3 Å². The third-order valence-electron chi connectivity index (χ3n) is 2.35. The highest BCUT2D eigenvalue weighted by atomic mass is 16.2. The van der Waals surface area contributed by atoms with Gasteiger partial charge in [-0.1, -0.05) is 6.07 Å². The van der Waals surface area contributed by atoms with Gasteiger partial charge in [0.2, 0.25) is 0 Å². The predicted molar refractivity (Wildman–Crippen MR) is 56.5 cm³/mol. The molecule has 1 heterocycles. The van der Waals surface area contributed by atoms with Crippen LogP contribution in [0.5, 0.6) is 0 Å². The van der Waals surface area contributed by atoms with Gasteiger partial charge in [0.05, 0.1) is 0 Å². The second-order valence-corrected chi connectivity index (χ2v) is 3.35. The molecule has 14 heavy (non-hydrogen) atoms. The molecule has 2 amide bonds. The van der Waals surface area contributed by atoms with Crippen molar-refractivity contribution in [1.29, 1.82) is 0 Å². The molecule has 1 aromatic carbocycles. The summed E-state index contributed by atoms with van der Waals surface area (Å²) in [6.45, 7) is 0.993. The van der Waals surface area contributed by atoms with Gasteiger partial charge in [-0.3, -0.25) is 0 Å². The summed E-state index contributed by atoms with van der Waals surface area (Å²) in [5.41, 5.74) is 8.16. The number of carbonyl (C=O) groups excluding carboxylic acids is 1. The van der Waals surface area contributed by atoms with Crippen LogP contribution in [0.1, 0.15) is 12.0 Å². The Kier molecular flexibility index (Phi) is 2.26. The van der Waals surface area contributed by atoms with Crippen LogP contribution >= 0.6 is 0 Å². The maximum atomic E-state index is 10.7. The molecule has 0 bridgehead atoms. The van der Waals surface area contributed by atoms with Crippen molar-refractivity contribution < 1.29 is 4.79 Å². The molecule has 74 valence electrons. The van der Waals surface area contributed by atoms with E-state index in [2.05, 4.69) is 10.6 Å². The Bertz CT molecular complexity index is 362. The zero-order chi connectivity index (χ0) is 9.97. The first-order valence-electron chi connectivity index (χ1n) is 4.69. The highest BCUT2D eigenvalue weighted by Crippen LogP contribution is 2.28. The van der Waals surface area contributed by atoms with Gasteiger partial charge >= 0.3 is 6.03 Å². The van der Waals surface area contributed by atoms with Crippen molar-refractivity contribution in [1.82, 2.24) is 0 Å². The number of anilines is 2. The quantitative estimate of drug-likeness (QED) is 0.630. The summed E-state index contributed by atoms with van der Waals surface area (Å²) in [5.74, 6) is 0. The molecule has 0 saturated carbocycles. The molecule has 0 radical (unpaired) electrons. The fourth-order valence-electron chi connectivity index (χ4n) is 1.76. The van der Waals surface area contributed by atoms with Crippen LogP contribution in [0.2, 0.25) is 0 Å². The Morgan fingerprint density at radius 3 is 3.14 bits per heavy atom. The van der Waals surface area contributed by atoms with E-state index in [1.807, 2.05) is 18.2 Å². The molecule has 0 saturated heterocycles. The minimum absolute atomic E-state index is 0.510. The number of rotatable bonds is 1. The number of fused-ring (bicyclic) bond motifs is 1. The number of amides is 2. The summed E-state index contributed by atoms with van der Waals surface area (Å²) in [5, 5.41) is 5.92. The number of carbonyl (C=O) groups is 1. The summed E-state index contributed by atoms with van der Waals surface area (Å²) in [4.78, 5) is 10.7. The summed E-state index contributed by atoms with van der Waals surface area (Å²) in [6.07, 6.45) is 2.07. The van der Waals surface area contributed by atoms with E-state index in [1.54, 1.807) is 0 Å². The normalized spacial score (nSPS) is 14.0. The number of nitrogens with one attached hydrogen (secondary N) is 2. The van der Waals surface area contributed by atoms with Gasteiger partial charge in [0.1, 0.15) is 0 Å². The first-order chi connectivity index (χ1) is 6.77. The van der Waals surface area contributed by atoms with Crippen LogP contribution in [0, 0.1) is 0 Å². The number of hydrogen-bond donors (Lipinski definition) is 3. The molecule has 4 N–H and O–H groups in total. The monoisotopic (exact) mass is 191 g/mol. The molecule has 1 aromatic rings. The fraction of sp³-hybridized carbons (Fsp3) is 0.300. The van der Waals surface area contributed by atoms with Gasteiger partial charge in [0.15, 0.2) is 0 Å². The van der Waals surface area contributed by atoms with Crippen molar-refractivity contribution in [3.05, 3.63) is 23.8 Å². The van der Waals surface area contributed by atoms with E-state index in [9.17, 15) is 4.79 Å². The fourth-order valence-corrected chi connectivity index (χ4v) is 1.76. The first-order valence-corrected chi connectivity index (χ1v) is 4.69. The van der Waals surface area contributed by atoms with E-state index >= 15 is 0 Å². The third kappa shape index (κ3) is 1.64. The molecule has 1 aliphatic rings. The minimum atomic E-state index is -0.510. The van der Waals surface area contributed by atoms with Gasteiger partial charge in [-0.2, -0.15) is 0 Å². The molecule has 0 unspecified atom stereocenters. The summed E-state index contributed by atoms with van der Waals surface area (Å²) < 4.78 is 0. The molecule has 2 rings (SSSR count). The topological polar surface area (TPSA) is 67.2 Å². The lowest BCUT2D eigenvalue weighted by Gasteiger charge is -2.20. The highest BCUT2D eigenvalue weighted by molar-refractivity contribution is 5.90. The number of hydrogen-bond acceptors (Lipinski definition) is 2. The molecular formula is C10H13N3O. The van der Waals surface area contributed by atoms with Crippen molar-refractivity contribution in [3.63, 3.8) is 0 Å². The van der Waals surface area contributed by atoms with Crippen LogP contribution in [0.3, 0.4) is 0 Å². The molecule has 0 aliphatic carbocycles. The summed E-state index contributed by atoms with van der Waals surface area (Å²) >= 11 is 0. The number of urea groups is 1. The molecule has 1 aliphatic heterocycles. The lowest BCUT2D eigenvalue weighted by molar-refractivity contribution is 0.259. The van der Waals surface area contributed by atoms with Crippen molar-refractivity contribution in [2.45, 2.75) is 12.8 Å². The average Bonchev–Trinajstić information content (AvgIpc) is 2.18. The Morgan fingerprint density at radius 1 is 1.50 bits per heavy atom. The minimum Gasteiger partial charge on any atom is -0.385 e. The second kappa shape index (κ2) is 3.57. The molecule has 4 nitrogen and oxygen atoms in total. The van der Waals surface area contributed by atoms with E-state index < -0.39 is 6.03 Å². The number of nitrogens with two attached hydrogens (primary N) is 1. The van der Waals surface area contributed by atoms with Crippen molar-refractivity contribution >= 4 is 17.4 Å². The van der Waals surface area contributed by atoms with Crippen LogP contribution in [-0.4, -0.2) is 12.6 Å². The summed E-state index contributed by atoms with van der Waals surface area (Å²) in [7, 11) is 0. The predicted octanol–water partition coefficient (Wildman–Crippen LogP) is 1.54. The zero-order valence-corrected chi connectivity index (χ0v) is 7.84. The standard InChI is InChI=1S/C10H13N3O/c11-10(14)13-9-5-1-4-8-7(9)3-2-6-12-8/h1,4-5,12H,2-3,6H2,(H3,11,13,14). The number of primary amides is 1. The van der Waals surface area contributed by atoms with Crippen LogP contribution in [0.15, 0.2) is 18.2 Å². The van der Waals surface area contributed by atoms with E-state index in [-0.39, 0.29) is 0 Å². The Balaban J connectivity index is 2.35. The maximum Gasteiger partial charge on any atom is 0.316 e. The second-order valence-electron chi connectivity index (χ2n) is 3.35. The molecule has 0 atom stereocenters. The third-order valence-corrected chi connectivity index (χ3v) is 2.35. The smallest absolute Gasteiger partial charge is 0.316 e. The largest absolute Gasteiger partial charge is 0.385 e. The maximum absolute atomic E-state index is 10.7. The van der Waals surface area contributed by atoms with E-state index in [0.29, 0.717) is 0 Å². The van der Waals surface area contributed by atoms with Crippen LogP contribution in [0.4, 0.5) is 16.2 Å². The zero-order valence-electron chi connectivity index (χ0n) is 7.84. The molecule has 0 fully saturated rings. The lowest BCUT2D eigenvalue weighted by Crippen LogP contribution is -2.21. The molecule has 0 spiro atoms. The van der Waals surface area contributed by atoms with Crippen LogP contribution < -0.4 is 16.4 Å². The van der Waals surface area contributed by atoms with E-state index in [4.69, 9.17) is 5.73 Å². The van der Waals surface area contributed by atoms with Crippen LogP contribution in [-0.2, 0) is 6.42 Å². The van der Waals surface area contributed by atoms with Gasteiger partial charge in [0.25, 0.3) is 0 Å². The molecular weight excluding hydrogens is 178 g/mol. The highest BCUT2D eigenvalue weighted by Gasteiger charge is 2.12. The van der Waals surface area contributed by atoms with Crippen LogP contribution in [0.25, 0.3) is 0 Å². The van der Waals surface area contributed by atoms with E-state index in [1.165, 1.54) is 0 Å². The Labute approximate surface area is 82.5 Å². The average molecular weight is 191 g/mol. The molecule has 4 heteroatoms. The van der Waals surface area contributed by atoms with Gasteiger partial charge in [-0.15, -0.1) is 0 Å². The van der Waals surface area contributed by atoms with Gasteiger partial charge in [-0.25, -0.2) is 4.79 Å². The van der Waals surface area contributed by atoms with Gasteiger partial charge < -0.3 is 16.4 Å². The van der Waals surface area contributed by atoms with Crippen molar-refractivity contribution in [2.24, 2.45) is 5.73 Å². The summed E-state index contributed by atoms with van der Waals surface area (Å²) in [6, 6.07) is 5.28. The number of benzene rings is 1. The Morgan fingerprint density at radius 2 is 2.36 bits per heavy atom. The SMILES string of the molecule is NC(=O)Nc1cccc2c1CCCN2. The first kappa shape index (κ1) is 8.87. The van der Waals surface area contributed by atoms with Crippen molar-refractivity contribution in [3.8, 4) is 0 Å². The van der Waals surface area contributed by atoms with Gasteiger partial charge in [0, 0.05) is 17.9 Å². The lowest BCUT2D eigenvalue weighted by atomic mass is 10.0.